The number of esters is 1. The molecule has 0 heterocycles. The summed E-state index contributed by atoms with van der Waals surface area (Å²) < 4.78 is 5.91. The molecule has 1 amide bonds. The smallest absolute Gasteiger partial charge is 0.306 e. The monoisotopic (exact) mass is 806 g/mol. The number of unbranched alkanes of at least 4 members (excludes halogenated alkanes) is 32. The highest BCUT2D eigenvalue weighted by Crippen LogP contribution is 2.18. The second-order valence-corrected chi connectivity index (χ2v) is 17.6. The molecule has 6 heteroatoms. The first kappa shape index (κ1) is 55.6. The first-order chi connectivity index (χ1) is 28.0. The Morgan fingerprint density at radius 1 is 0.491 bits per heavy atom. The molecule has 0 bridgehead atoms. The van der Waals surface area contributed by atoms with Crippen LogP contribution in [0.15, 0.2) is 12.2 Å². The van der Waals surface area contributed by atoms with E-state index in [2.05, 4.69) is 38.2 Å². The van der Waals surface area contributed by atoms with E-state index in [1.54, 1.807) is 0 Å². The minimum absolute atomic E-state index is 0.0781. The van der Waals surface area contributed by atoms with Crippen molar-refractivity contribution in [1.29, 1.82) is 0 Å². The van der Waals surface area contributed by atoms with Gasteiger partial charge in [-0.05, 0) is 51.4 Å². The van der Waals surface area contributed by atoms with Crippen molar-refractivity contribution in [1.82, 2.24) is 5.32 Å². The summed E-state index contributed by atoms with van der Waals surface area (Å²) in [6.07, 6.45) is 49.8. The van der Waals surface area contributed by atoms with Gasteiger partial charge in [0.05, 0.1) is 25.2 Å². The number of aliphatic hydroxyl groups is 2. The molecule has 0 aromatic heterocycles. The van der Waals surface area contributed by atoms with E-state index >= 15 is 0 Å². The molecule has 338 valence electrons. The summed E-state index contributed by atoms with van der Waals surface area (Å²) >= 11 is 0. The third-order valence-electron chi connectivity index (χ3n) is 11.8. The van der Waals surface area contributed by atoms with Gasteiger partial charge in [-0.3, -0.25) is 9.59 Å². The van der Waals surface area contributed by atoms with E-state index in [0.717, 1.165) is 51.4 Å². The first-order valence-electron chi connectivity index (χ1n) is 25.4. The highest BCUT2D eigenvalue weighted by Gasteiger charge is 2.24. The number of carbonyl (C=O) groups is 2. The maximum Gasteiger partial charge on any atom is 0.306 e. The van der Waals surface area contributed by atoms with Gasteiger partial charge in [-0.15, -0.1) is 0 Å². The zero-order chi connectivity index (χ0) is 41.7. The van der Waals surface area contributed by atoms with Gasteiger partial charge >= 0.3 is 5.97 Å². The fraction of sp³-hybridized carbons (Fsp3) is 0.922. The van der Waals surface area contributed by atoms with Crippen molar-refractivity contribution in [3.63, 3.8) is 0 Å². The Hall–Kier alpha value is -1.40. The van der Waals surface area contributed by atoms with Gasteiger partial charge in [-0.2, -0.15) is 0 Å². The van der Waals surface area contributed by atoms with Crippen LogP contribution >= 0.6 is 0 Å². The number of carbonyl (C=O) groups excluding carboxylic acids is 2. The molecule has 0 saturated heterocycles. The molecule has 0 aliphatic rings. The van der Waals surface area contributed by atoms with Crippen molar-refractivity contribution in [3.05, 3.63) is 12.2 Å². The molecule has 0 fully saturated rings. The van der Waals surface area contributed by atoms with E-state index < -0.39 is 18.2 Å². The predicted octanol–water partition coefficient (Wildman–Crippen LogP) is 15.0. The third-order valence-corrected chi connectivity index (χ3v) is 11.8. The van der Waals surface area contributed by atoms with Crippen LogP contribution in [0.2, 0.25) is 0 Å². The van der Waals surface area contributed by atoms with Crippen molar-refractivity contribution < 1.29 is 24.5 Å². The number of allylic oxidation sites excluding steroid dienone is 2. The SMILES string of the molecule is CCCCCCCC/C=C\CCCCCC(=O)OC(CCCCCCCCCCCC)CC(=O)NC(CO)C(O)CCCCCCCCCCCCCCCCC. The molecule has 6 nitrogen and oxygen atoms in total. The summed E-state index contributed by atoms with van der Waals surface area (Å²) in [6, 6.07) is -0.697. The van der Waals surface area contributed by atoms with E-state index in [-0.39, 0.29) is 24.9 Å². The molecule has 3 unspecified atom stereocenters. The van der Waals surface area contributed by atoms with Gasteiger partial charge in [0, 0.05) is 6.42 Å². The van der Waals surface area contributed by atoms with Gasteiger partial charge in [0.15, 0.2) is 0 Å². The molecule has 3 N–H and O–H groups in total. The van der Waals surface area contributed by atoms with Crippen LogP contribution in [-0.4, -0.2) is 46.9 Å². The van der Waals surface area contributed by atoms with E-state index in [9.17, 15) is 19.8 Å². The van der Waals surface area contributed by atoms with Gasteiger partial charge in [0.1, 0.15) is 6.10 Å². The molecule has 0 aromatic rings. The normalized spacial score (nSPS) is 13.3. The number of aliphatic hydroxyl groups excluding tert-OH is 2. The second-order valence-electron chi connectivity index (χ2n) is 17.6. The molecule has 3 atom stereocenters. The van der Waals surface area contributed by atoms with Crippen molar-refractivity contribution in [2.24, 2.45) is 0 Å². The summed E-state index contributed by atoms with van der Waals surface area (Å²) in [5.74, 6) is -0.479. The zero-order valence-electron chi connectivity index (χ0n) is 38.5. The summed E-state index contributed by atoms with van der Waals surface area (Å²) in [4.78, 5) is 26.0. The number of amides is 1. The number of hydrogen-bond donors (Lipinski definition) is 3. The van der Waals surface area contributed by atoms with Crippen LogP contribution in [0.1, 0.15) is 278 Å². The lowest BCUT2D eigenvalue weighted by atomic mass is 10.0. The van der Waals surface area contributed by atoms with Crippen LogP contribution < -0.4 is 5.32 Å². The summed E-state index contributed by atoms with van der Waals surface area (Å²) in [6.45, 7) is 6.48. The van der Waals surface area contributed by atoms with Crippen LogP contribution in [0.3, 0.4) is 0 Å². The first-order valence-corrected chi connectivity index (χ1v) is 25.4. The van der Waals surface area contributed by atoms with E-state index in [1.165, 1.54) is 180 Å². The van der Waals surface area contributed by atoms with Crippen molar-refractivity contribution in [3.8, 4) is 0 Å². The number of ether oxygens (including phenoxy) is 1. The van der Waals surface area contributed by atoms with E-state index in [1.807, 2.05) is 0 Å². The Labute approximate surface area is 355 Å². The molecule has 0 aliphatic carbocycles. The molecular formula is C51H99NO5. The summed E-state index contributed by atoms with van der Waals surface area (Å²) in [5, 5.41) is 23.7. The molecule has 0 aliphatic heterocycles. The Kier molecular flexibility index (Phi) is 44.6. The standard InChI is InChI=1S/C51H99NO5/c1-4-7-10-13-16-19-22-24-25-27-28-31-34-37-40-43-49(54)48(46-53)52-50(55)45-47(42-39-36-33-30-21-18-15-12-9-6-3)57-51(56)44-41-38-35-32-29-26-23-20-17-14-11-8-5-2/h26,29,47-49,53-54H,4-25,27-28,30-46H2,1-3H3,(H,52,55)/b29-26-. The number of rotatable bonds is 46. The summed E-state index contributed by atoms with van der Waals surface area (Å²) in [5.41, 5.74) is 0. The lowest BCUT2D eigenvalue weighted by Gasteiger charge is -2.24. The molecule has 0 aromatic carbocycles. The van der Waals surface area contributed by atoms with Gasteiger partial charge in [-0.25, -0.2) is 0 Å². The van der Waals surface area contributed by atoms with Gasteiger partial charge in [-0.1, -0.05) is 226 Å². The van der Waals surface area contributed by atoms with Gasteiger partial charge in [0.2, 0.25) is 5.91 Å². The highest BCUT2D eigenvalue weighted by atomic mass is 16.5. The van der Waals surface area contributed by atoms with Crippen LogP contribution in [0.4, 0.5) is 0 Å². The van der Waals surface area contributed by atoms with Crippen LogP contribution in [0, 0.1) is 0 Å². The molecular weight excluding hydrogens is 707 g/mol. The Morgan fingerprint density at radius 2 is 0.842 bits per heavy atom. The second kappa shape index (κ2) is 45.7. The lowest BCUT2D eigenvalue weighted by Crippen LogP contribution is -2.46. The van der Waals surface area contributed by atoms with Gasteiger partial charge in [0.25, 0.3) is 0 Å². The third kappa shape index (κ3) is 41.1. The van der Waals surface area contributed by atoms with Crippen molar-refractivity contribution >= 4 is 11.9 Å². The Morgan fingerprint density at radius 3 is 1.25 bits per heavy atom. The van der Waals surface area contributed by atoms with Crippen molar-refractivity contribution in [2.45, 2.75) is 296 Å². The quantitative estimate of drug-likeness (QED) is 0.0323. The molecule has 0 spiro atoms. The minimum atomic E-state index is -0.783. The van der Waals surface area contributed by atoms with Crippen LogP contribution in [0.25, 0.3) is 0 Å². The van der Waals surface area contributed by atoms with Crippen LogP contribution in [-0.2, 0) is 14.3 Å². The fourth-order valence-corrected chi connectivity index (χ4v) is 7.96. The zero-order valence-corrected chi connectivity index (χ0v) is 38.5. The maximum absolute atomic E-state index is 13.2. The number of nitrogens with one attached hydrogen (secondary N) is 1. The Bertz CT molecular complexity index is 863. The average Bonchev–Trinajstić information content (AvgIpc) is 3.20. The van der Waals surface area contributed by atoms with Gasteiger partial charge < -0.3 is 20.3 Å². The minimum Gasteiger partial charge on any atom is -0.462 e. The molecule has 0 saturated carbocycles. The molecule has 0 radical (unpaired) electrons. The average molecular weight is 806 g/mol. The fourth-order valence-electron chi connectivity index (χ4n) is 7.96. The van der Waals surface area contributed by atoms with Crippen molar-refractivity contribution in [2.75, 3.05) is 6.61 Å². The molecule has 57 heavy (non-hydrogen) atoms. The van der Waals surface area contributed by atoms with E-state index in [4.69, 9.17) is 4.74 Å². The largest absolute Gasteiger partial charge is 0.462 e. The number of hydrogen-bond acceptors (Lipinski definition) is 5. The predicted molar refractivity (Wildman–Crippen MR) is 246 cm³/mol. The molecule has 0 rings (SSSR count). The highest BCUT2D eigenvalue weighted by molar-refractivity contribution is 5.77. The summed E-state index contributed by atoms with van der Waals surface area (Å²) in [7, 11) is 0. The van der Waals surface area contributed by atoms with E-state index in [0.29, 0.717) is 19.3 Å². The van der Waals surface area contributed by atoms with Crippen LogP contribution in [0.5, 0.6) is 0 Å². The Balaban J connectivity index is 4.48. The lowest BCUT2D eigenvalue weighted by molar-refractivity contribution is -0.151. The maximum atomic E-state index is 13.2. The topological polar surface area (TPSA) is 95.9 Å².